The van der Waals surface area contributed by atoms with Crippen LogP contribution in [0.3, 0.4) is 0 Å². The van der Waals surface area contributed by atoms with E-state index < -0.39 is 48.0 Å². The van der Waals surface area contributed by atoms with Crippen LogP contribution < -0.4 is 4.74 Å². The van der Waals surface area contributed by atoms with Gasteiger partial charge >= 0.3 is 0 Å². The minimum atomic E-state index is -1.59. The van der Waals surface area contributed by atoms with Crippen molar-refractivity contribution in [2.24, 2.45) is 0 Å². The van der Waals surface area contributed by atoms with Crippen molar-refractivity contribution in [3.05, 3.63) is 52.1 Å². The van der Waals surface area contributed by atoms with E-state index in [2.05, 4.69) is 0 Å². The zero-order valence-corrected chi connectivity index (χ0v) is 16.1. The van der Waals surface area contributed by atoms with Crippen molar-refractivity contribution in [1.29, 1.82) is 0 Å². The largest absolute Gasteiger partial charge is 0.507 e. The molecule has 30 heavy (non-hydrogen) atoms. The van der Waals surface area contributed by atoms with Crippen molar-refractivity contribution in [3.8, 4) is 17.2 Å². The van der Waals surface area contributed by atoms with Crippen molar-refractivity contribution in [2.45, 2.75) is 44.6 Å². The molecule has 0 saturated carbocycles. The lowest BCUT2D eigenvalue weighted by Gasteiger charge is -2.39. The molecule has 1 aliphatic heterocycles. The Kier molecular flexibility index (Phi) is 4.78. The number of hydrogen-bond acceptors (Lipinski definition) is 9. The van der Waals surface area contributed by atoms with E-state index in [1.165, 1.54) is 38.1 Å². The van der Waals surface area contributed by atoms with Crippen LogP contribution in [-0.2, 0) is 4.74 Å². The molecule has 0 radical (unpaired) electrons. The van der Waals surface area contributed by atoms with E-state index in [0.717, 1.165) is 0 Å². The number of carbonyl (C=O) groups excluding carboxylic acids is 2. The van der Waals surface area contributed by atoms with Gasteiger partial charge in [-0.05, 0) is 26.0 Å². The molecule has 0 amide bonds. The molecule has 0 spiro atoms. The Bertz CT molecular complexity index is 1060. The summed E-state index contributed by atoms with van der Waals surface area (Å²) in [5.41, 5.74) is -0.487. The molecular formula is C21H20O9. The normalized spacial score (nSPS) is 28.1. The summed E-state index contributed by atoms with van der Waals surface area (Å²) in [6.45, 7) is 2.92. The van der Waals surface area contributed by atoms with Gasteiger partial charge in [-0.15, -0.1) is 0 Å². The van der Waals surface area contributed by atoms with E-state index in [9.17, 15) is 35.1 Å². The zero-order chi connectivity index (χ0) is 21.9. The van der Waals surface area contributed by atoms with Crippen LogP contribution in [-0.4, -0.2) is 67.8 Å². The van der Waals surface area contributed by atoms with Gasteiger partial charge in [0.05, 0.1) is 17.2 Å². The maximum Gasteiger partial charge on any atom is 0.229 e. The number of phenols is 2. The molecule has 9 heteroatoms. The number of aliphatic hydroxyl groups excluding tert-OH is 3. The molecule has 2 aromatic rings. The first-order valence-electron chi connectivity index (χ1n) is 9.27. The first-order chi connectivity index (χ1) is 14.1. The minimum absolute atomic E-state index is 0.0113. The molecular weight excluding hydrogens is 396 g/mol. The van der Waals surface area contributed by atoms with Gasteiger partial charge in [-0.3, -0.25) is 9.59 Å². The van der Waals surface area contributed by atoms with Gasteiger partial charge in [0.25, 0.3) is 0 Å². The Morgan fingerprint density at radius 3 is 2.33 bits per heavy atom. The van der Waals surface area contributed by atoms with Crippen molar-refractivity contribution in [1.82, 2.24) is 0 Å². The second kappa shape index (κ2) is 7.06. The highest BCUT2D eigenvalue weighted by molar-refractivity contribution is 6.30. The molecule has 5 atom stereocenters. The summed E-state index contributed by atoms with van der Waals surface area (Å²) in [6.07, 6.45) is -6.67. The van der Waals surface area contributed by atoms with Crippen LogP contribution in [0.25, 0.3) is 0 Å². The van der Waals surface area contributed by atoms with Crippen LogP contribution in [0.2, 0.25) is 0 Å². The number of benzene rings is 2. The lowest BCUT2D eigenvalue weighted by atomic mass is 9.82. The van der Waals surface area contributed by atoms with E-state index in [1.807, 2.05) is 0 Å². The molecule has 0 aromatic heterocycles. The van der Waals surface area contributed by atoms with E-state index in [4.69, 9.17) is 9.47 Å². The molecule has 9 nitrogen and oxygen atoms in total. The number of ketones is 2. The maximum atomic E-state index is 12.9. The van der Waals surface area contributed by atoms with E-state index in [0.29, 0.717) is 0 Å². The van der Waals surface area contributed by atoms with Crippen molar-refractivity contribution in [2.75, 3.05) is 0 Å². The second-order valence-corrected chi connectivity index (χ2v) is 7.43. The van der Waals surface area contributed by atoms with Gasteiger partial charge < -0.3 is 35.0 Å². The highest BCUT2D eigenvalue weighted by atomic mass is 16.7. The quantitative estimate of drug-likeness (QED) is 0.399. The average molecular weight is 416 g/mol. The highest BCUT2D eigenvalue weighted by Crippen LogP contribution is 2.42. The summed E-state index contributed by atoms with van der Waals surface area (Å²) >= 11 is 0. The third-order valence-electron chi connectivity index (χ3n) is 5.54. The summed E-state index contributed by atoms with van der Waals surface area (Å²) in [7, 11) is 0. The number of rotatable bonds is 2. The van der Waals surface area contributed by atoms with Gasteiger partial charge in [0.1, 0.15) is 35.6 Å². The van der Waals surface area contributed by atoms with Gasteiger partial charge in [0.2, 0.25) is 12.1 Å². The van der Waals surface area contributed by atoms with Gasteiger partial charge in [-0.2, -0.15) is 0 Å². The van der Waals surface area contributed by atoms with E-state index >= 15 is 0 Å². The molecule has 1 heterocycles. The SMILES string of the molecule is Cc1c(O[C@@H]2O[C@@H](C)[C@H](O)[C@@H](O)[C@H]2O)cc2c(c1O)C(=O)c1c(O)cccc1C2=O. The van der Waals surface area contributed by atoms with Gasteiger partial charge in [0, 0.05) is 16.7 Å². The predicted octanol–water partition coefficient (Wildman–Crippen LogP) is 0.388. The number of phenolic OH excluding ortho intramolecular Hbond substituents is 2. The predicted molar refractivity (Wildman–Crippen MR) is 101 cm³/mol. The van der Waals surface area contributed by atoms with E-state index in [-0.39, 0.29) is 39.3 Å². The molecule has 4 rings (SSSR count). The van der Waals surface area contributed by atoms with Crippen LogP contribution in [0.4, 0.5) is 0 Å². The number of ether oxygens (including phenoxy) is 2. The number of aromatic hydroxyl groups is 2. The summed E-state index contributed by atoms with van der Waals surface area (Å²) in [6, 6.07) is 5.34. The zero-order valence-electron chi connectivity index (χ0n) is 16.1. The fourth-order valence-electron chi connectivity index (χ4n) is 3.75. The summed E-state index contributed by atoms with van der Waals surface area (Å²) in [5, 5.41) is 50.6. The van der Waals surface area contributed by atoms with Gasteiger partial charge in [0.15, 0.2) is 5.78 Å². The van der Waals surface area contributed by atoms with Crippen LogP contribution >= 0.6 is 0 Å². The number of fused-ring (bicyclic) bond motifs is 2. The number of aliphatic hydroxyl groups is 3. The number of carbonyl (C=O) groups is 2. The smallest absolute Gasteiger partial charge is 0.229 e. The summed E-state index contributed by atoms with van der Waals surface area (Å²) in [4.78, 5) is 25.8. The van der Waals surface area contributed by atoms with Crippen LogP contribution in [0.15, 0.2) is 24.3 Å². The standard InChI is InChI=1S/C21H20O9/c1-7-12(30-21-20(28)19(27)16(24)8(2)29-21)6-10-14(15(7)23)18(26)13-9(17(10)25)4-3-5-11(13)22/h3-6,8,16,19-24,27-28H,1-2H3/t8-,16-,19+,20+,21-/m0/s1. The highest BCUT2D eigenvalue weighted by Gasteiger charge is 2.44. The monoisotopic (exact) mass is 416 g/mol. The fourth-order valence-corrected chi connectivity index (χ4v) is 3.75. The Labute approximate surface area is 170 Å². The maximum absolute atomic E-state index is 12.9. The molecule has 1 saturated heterocycles. The van der Waals surface area contributed by atoms with Crippen LogP contribution in [0, 0.1) is 6.92 Å². The Hall–Kier alpha value is -2.98. The van der Waals surface area contributed by atoms with Crippen LogP contribution in [0.1, 0.15) is 44.3 Å². The fraction of sp³-hybridized carbons (Fsp3) is 0.333. The van der Waals surface area contributed by atoms with Crippen molar-refractivity contribution in [3.63, 3.8) is 0 Å². The van der Waals surface area contributed by atoms with Crippen molar-refractivity contribution >= 4 is 11.6 Å². The Morgan fingerprint density at radius 1 is 0.933 bits per heavy atom. The third-order valence-corrected chi connectivity index (χ3v) is 5.54. The molecule has 2 aliphatic rings. The molecule has 1 aliphatic carbocycles. The first-order valence-corrected chi connectivity index (χ1v) is 9.27. The lowest BCUT2D eigenvalue weighted by molar-refractivity contribution is -0.268. The van der Waals surface area contributed by atoms with E-state index in [1.54, 1.807) is 0 Å². The molecule has 0 bridgehead atoms. The van der Waals surface area contributed by atoms with Gasteiger partial charge in [-0.25, -0.2) is 0 Å². The lowest BCUT2D eigenvalue weighted by Crippen LogP contribution is -2.58. The molecule has 2 aromatic carbocycles. The molecule has 5 N–H and O–H groups in total. The number of hydrogen-bond donors (Lipinski definition) is 5. The van der Waals surface area contributed by atoms with Crippen molar-refractivity contribution < 1.29 is 44.6 Å². The first kappa shape index (κ1) is 20.3. The second-order valence-electron chi connectivity index (χ2n) is 7.43. The summed E-state index contributed by atoms with van der Waals surface area (Å²) < 4.78 is 11.0. The minimum Gasteiger partial charge on any atom is -0.507 e. The van der Waals surface area contributed by atoms with Gasteiger partial charge in [-0.1, -0.05) is 12.1 Å². The topological polar surface area (TPSA) is 154 Å². The molecule has 1 fully saturated rings. The third kappa shape index (κ3) is 2.86. The summed E-state index contributed by atoms with van der Waals surface area (Å²) in [5.74, 6) is -2.21. The Balaban J connectivity index is 1.77. The Morgan fingerprint density at radius 2 is 1.63 bits per heavy atom. The average Bonchev–Trinajstić information content (AvgIpc) is 2.71. The molecule has 158 valence electrons. The van der Waals surface area contributed by atoms with Crippen LogP contribution in [0.5, 0.6) is 17.2 Å². The molecule has 0 unspecified atom stereocenters.